The zero-order valence-corrected chi connectivity index (χ0v) is 28.9. The number of fused-ring (bicyclic) bond motifs is 4. The lowest BCUT2D eigenvalue weighted by molar-refractivity contribution is 0.866. The first-order valence-electron chi connectivity index (χ1n) is 17.6. The quantitative estimate of drug-likeness (QED) is 0.170. The molecule has 0 fully saturated rings. The molecule has 6 aromatic carbocycles. The summed E-state index contributed by atoms with van der Waals surface area (Å²) in [7, 11) is 0. The van der Waals surface area contributed by atoms with Crippen LogP contribution in [0.15, 0.2) is 133 Å². The molecule has 0 saturated heterocycles. The van der Waals surface area contributed by atoms with Gasteiger partial charge in [-0.1, -0.05) is 126 Å². The molecule has 0 spiro atoms. The lowest BCUT2D eigenvalue weighted by Gasteiger charge is -2.44. The number of hydrogen-bond donors (Lipinski definition) is 0. The van der Waals surface area contributed by atoms with E-state index in [2.05, 4.69) is 185 Å². The highest BCUT2D eigenvalue weighted by molar-refractivity contribution is 7.00. The van der Waals surface area contributed by atoms with E-state index in [4.69, 9.17) is 0 Å². The maximum absolute atomic E-state index is 2.51. The van der Waals surface area contributed by atoms with Crippen LogP contribution < -0.4 is 26.2 Å². The van der Waals surface area contributed by atoms with E-state index in [0.717, 1.165) is 0 Å². The Morgan fingerprint density at radius 2 is 0.833 bits per heavy atom. The predicted octanol–water partition coefficient (Wildman–Crippen LogP) is 10.8. The largest absolute Gasteiger partial charge is 0.311 e. The van der Waals surface area contributed by atoms with Crippen LogP contribution in [0.1, 0.15) is 76.0 Å². The zero-order valence-electron chi connectivity index (χ0n) is 28.9. The van der Waals surface area contributed by atoms with E-state index in [1.54, 1.807) is 0 Å². The number of anilines is 6. The van der Waals surface area contributed by atoms with Crippen LogP contribution in [0.25, 0.3) is 11.1 Å². The summed E-state index contributed by atoms with van der Waals surface area (Å²) in [6, 6.07) is 50.4. The maximum Gasteiger partial charge on any atom is 0.252 e. The van der Waals surface area contributed by atoms with Crippen molar-refractivity contribution >= 4 is 57.2 Å². The number of para-hydroxylation sites is 1. The topological polar surface area (TPSA) is 6.48 Å². The monoisotopic (exact) mass is 622 g/mol. The summed E-state index contributed by atoms with van der Waals surface area (Å²) >= 11 is 0. The second-order valence-electron chi connectivity index (χ2n) is 14.4. The van der Waals surface area contributed by atoms with Gasteiger partial charge in [-0.3, -0.25) is 0 Å². The van der Waals surface area contributed by atoms with Gasteiger partial charge in [0.25, 0.3) is 6.71 Å². The summed E-state index contributed by atoms with van der Waals surface area (Å²) in [5.41, 5.74) is 18.0. The number of benzene rings is 6. The SMILES string of the molecule is CC(C)c1ccc(-c2ccc(N3c4cc(C(C)C)ccc4B4c5ccccc5N(c5ccc(C(C)C)cc5)c5cccc3c54)cc2)cc1. The first-order chi connectivity index (χ1) is 23.3. The molecule has 0 amide bonds. The predicted molar refractivity (Wildman–Crippen MR) is 208 cm³/mol. The van der Waals surface area contributed by atoms with Gasteiger partial charge in [-0.25, -0.2) is 0 Å². The molecule has 48 heavy (non-hydrogen) atoms. The van der Waals surface area contributed by atoms with Crippen LogP contribution >= 0.6 is 0 Å². The number of rotatable bonds is 6. The summed E-state index contributed by atoms with van der Waals surface area (Å²) in [6.07, 6.45) is 0. The van der Waals surface area contributed by atoms with Crippen LogP contribution in [0.2, 0.25) is 0 Å². The minimum atomic E-state index is 0.143. The highest BCUT2D eigenvalue weighted by atomic mass is 15.2. The van der Waals surface area contributed by atoms with Crippen LogP contribution in [0.4, 0.5) is 34.1 Å². The van der Waals surface area contributed by atoms with Crippen molar-refractivity contribution in [3.05, 3.63) is 150 Å². The van der Waals surface area contributed by atoms with Crippen LogP contribution in [-0.4, -0.2) is 6.71 Å². The van der Waals surface area contributed by atoms with Gasteiger partial charge in [-0.15, -0.1) is 0 Å². The third kappa shape index (κ3) is 4.96. The Morgan fingerprint density at radius 3 is 1.42 bits per heavy atom. The molecule has 2 aliphatic rings. The Hall–Kier alpha value is -5.02. The molecule has 0 radical (unpaired) electrons. The van der Waals surface area contributed by atoms with Crippen molar-refractivity contribution < 1.29 is 0 Å². The fourth-order valence-electron chi connectivity index (χ4n) is 7.69. The van der Waals surface area contributed by atoms with Gasteiger partial charge in [0.2, 0.25) is 0 Å². The van der Waals surface area contributed by atoms with Crippen molar-refractivity contribution in [2.45, 2.75) is 59.3 Å². The second-order valence-corrected chi connectivity index (χ2v) is 14.4. The van der Waals surface area contributed by atoms with Crippen LogP contribution in [0.5, 0.6) is 0 Å². The summed E-state index contributed by atoms with van der Waals surface area (Å²) < 4.78 is 0. The minimum Gasteiger partial charge on any atom is -0.311 e. The second kappa shape index (κ2) is 11.9. The van der Waals surface area contributed by atoms with Gasteiger partial charge in [0.15, 0.2) is 0 Å². The molecular formula is C45H43BN2. The zero-order chi connectivity index (χ0) is 33.1. The maximum atomic E-state index is 2.51. The molecule has 2 nitrogen and oxygen atoms in total. The van der Waals surface area contributed by atoms with E-state index in [-0.39, 0.29) is 6.71 Å². The lowest BCUT2D eigenvalue weighted by Crippen LogP contribution is -2.61. The van der Waals surface area contributed by atoms with Gasteiger partial charge in [0, 0.05) is 34.1 Å². The number of nitrogens with zero attached hydrogens (tertiary/aromatic N) is 2. The first kappa shape index (κ1) is 30.3. The minimum absolute atomic E-state index is 0.143. The van der Waals surface area contributed by atoms with E-state index < -0.39 is 0 Å². The van der Waals surface area contributed by atoms with Crippen LogP contribution in [-0.2, 0) is 0 Å². The fraction of sp³-hybridized carbons (Fsp3) is 0.200. The van der Waals surface area contributed by atoms with Gasteiger partial charge in [-0.05, 0) is 110 Å². The van der Waals surface area contributed by atoms with Crippen molar-refractivity contribution in [1.29, 1.82) is 0 Å². The third-order valence-corrected chi connectivity index (χ3v) is 10.4. The molecular weight excluding hydrogens is 579 g/mol. The molecule has 6 aromatic rings. The van der Waals surface area contributed by atoms with Crippen molar-refractivity contribution in [1.82, 2.24) is 0 Å². The Bertz CT molecular complexity index is 2110. The third-order valence-electron chi connectivity index (χ3n) is 10.4. The van der Waals surface area contributed by atoms with Crippen molar-refractivity contribution in [3.63, 3.8) is 0 Å². The Balaban J connectivity index is 1.31. The smallest absolute Gasteiger partial charge is 0.252 e. The molecule has 2 heterocycles. The van der Waals surface area contributed by atoms with Crippen molar-refractivity contribution in [2.24, 2.45) is 0 Å². The Labute approximate surface area is 286 Å². The summed E-state index contributed by atoms with van der Waals surface area (Å²) in [5.74, 6) is 1.45. The van der Waals surface area contributed by atoms with E-state index in [9.17, 15) is 0 Å². The highest BCUT2D eigenvalue weighted by Crippen LogP contribution is 2.44. The fourth-order valence-corrected chi connectivity index (χ4v) is 7.69. The number of hydrogen-bond acceptors (Lipinski definition) is 2. The standard InChI is InChI=1S/C45H43BN2/c1-29(2)32-14-16-34(17-15-32)35-20-25-38(26-21-35)48-43-13-9-12-42-45(43)46(40-27-22-36(31(5)6)28-44(40)48)39-10-7-8-11-41(39)47(42)37-23-18-33(19-24-37)30(3)4/h7-31H,1-6H3. The van der Waals surface area contributed by atoms with E-state index >= 15 is 0 Å². The van der Waals surface area contributed by atoms with Gasteiger partial charge in [0.05, 0.1) is 0 Å². The average Bonchev–Trinajstić information content (AvgIpc) is 3.11. The van der Waals surface area contributed by atoms with Crippen LogP contribution in [0, 0.1) is 0 Å². The van der Waals surface area contributed by atoms with E-state index in [1.807, 2.05) is 0 Å². The molecule has 0 bridgehead atoms. The van der Waals surface area contributed by atoms with E-state index in [0.29, 0.717) is 17.8 Å². The highest BCUT2D eigenvalue weighted by Gasteiger charge is 2.43. The van der Waals surface area contributed by atoms with Crippen molar-refractivity contribution in [2.75, 3.05) is 9.80 Å². The Kier molecular flexibility index (Phi) is 7.52. The molecule has 0 aliphatic carbocycles. The van der Waals surface area contributed by atoms with Crippen LogP contribution in [0.3, 0.4) is 0 Å². The molecule has 236 valence electrons. The van der Waals surface area contributed by atoms with Gasteiger partial charge in [-0.2, -0.15) is 0 Å². The Morgan fingerprint density at radius 1 is 0.396 bits per heavy atom. The molecule has 0 aromatic heterocycles. The molecule has 0 atom stereocenters. The molecule has 0 N–H and O–H groups in total. The van der Waals surface area contributed by atoms with Gasteiger partial charge < -0.3 is 9.80 Å². The molecule has 0 saturated carbocycles. The summed E-state index contributed by atoms with van der Waals surface area (Å²) in [5, 5.41) is 0. The molecule has 2 aliphatic heterocycles. The van der Waals surface area contributed by atoms with Gasteiger partial charge >= 0.3 is 0 Å². The normalized spacial score (nSPS) is 13.2. The van der Waals surface area contributed by atoms with Crippen molar-refractivity contribution in [3.8, 4) is 11.1 Å². The summed E-state index contributed by atoms with van der Waals surface area (Å²) in [4.78, 5) is 4.99. The molecule has 3 heteroatoms. The molecule has 8 rings (SSSR count). The lowest BCUT2D eigenvalue weighted by atomic mass is 9.33. The summed E-state index contributed by atoms with van der Waals surface area (Å²) in [6.45, 7) is 13.7. The molecule has 0 unspecified atom stereocenters. The van der Waals surface area contributed by atoms with E-state index in [1.165, 1.54) is 78.3 Å². The average molecular weight is 623 g/mol. The first-order valence-corrected chi connectivity index (χ1v) is 17.6. The van der Waals surface area contributed by atoms with Gasteiger partial charge in [0.1, 0.15) is 0 Å².